The number of para-hydroxylation sites is 1. The molecule has 2 aliphatic rings. The Morgan fingerprint density at radius 2 is 1.60 bits per heavy atom. The van der Waals surface area contributed by atoms with Crippen molar-refractivity contribution in [3.8, 4) is 11.5 Å². The molecule has 0 bridgehead atoms. The zero-order valence-corrected chi connectivity index (χ0v) is 22.8. The van der Waals surface area contributed by atoms with Crippen LogP contribution in [-0.2, 0) is 5.54 Å². The third kappa shape index (κ3) is 3.85. The van der Waals surface area contributed by atoms with Crippen molar-refractivity contribution >= 4 is 35.4 Å². The summed E-state index contributed by atoms with van der Waals surface area (Å²) in [5.41, 5.74) is 11.9. The van der Waals surface area contributed by atoms with E-state index in [1.54, 1.807) is 17.4 Å². The molecular weight excluding hydrogens is 498 g/mol. The molecular formula is C33H31N5O2. The van der Waals surface area contributed by atoms with Crippen LogP contribution in [0.15, 0.2) is 95.0 Å². The van der Waals surface area contributed by atoms with Crippen LogP contribution in [0.1, 0.15) is 46.5 Å². The standard InChI is InChI=1S/C33H31N5O2/c1-4-37(5-2)29-21-31-28(19-22(29)3)33(27-16-15-23(34)20-30(27)40-31)26-14-10-9-13-25(26)32(39)38(33)36-18-17-35-24-11-7-6-8-12-24/h6-21H,4-5,34H2,1-3H3. The number of ether oxygens (including phenoxy) is 1. The van der Waals surface area contributed by atoms with Crippen LogP contribution in [-0.4, -0.2) is 36.4 Å². The molecule has 0 aliphatic carbocycles. The topological polar surface area (TPSA) is 83.5 Å². The van der Waals surface area contributed by atoms with Crippen LogP contribution in [0.3, 0.4) is 0 Å². The van der Waals surface area contributed by atoms with Crippen molar-refractivity contribution in [1.82, 2.24) is 5.01 Å². The maximum Gasteiger partial charge on any atom is 0.275 e. The number of hydrazone groups is 1. The number of benzene rings is 4. The molecule has 200 valence electrons. The first-order chi connectivity index (χ1) is 19.5. The highest BCUT2D eigenvalue weighted by molar-refractivity contribution is 6.17. The number of nitrogens with zero attached hydrogens (tertiary/aromatic N) is 4. The van der Waals surface area contributed by atoms with Crippen LogP contribution in [0.5, 0.6) is 11.5 Å². The van der Waals surface area contributed by atoms with Gasteiger partial charge in [-0.25, -0.2) is 5.01 Å². The molecule has 0 radical (unpaired) electrons. The summed E-state index contributed by atoms with van der Waals surface area (Å²) >= 11 is 0. The van der Waals surface area contributed by atoms with E-state index in [0.29, 0.717) is 22.7 Å². The zero-order chi connectivity index (χ0) is 27.9. The summed E-state index contributed by atoms with van der Waals surface area (Å²) < 4.78 is 6.54. The molecule has 1 amide bonds. The summed E-state index contributed by atoms with van der Waals surface area (Å²) in [6.45, 7) is 8.11. The normalized spacial score (nSPS) is 17.3. The number of aliphatic imine (C=N–C) groups is 1. The Hall–Kier alpha value is -4.91. The third-order valence-corrected chi connectivity index (χ3v) is 7.69. The lowest BCUT2D eigenvalue weighted by Gasteiger charge is -2.42. The molecule has 1 spiro atoms. The van der Waals surface area contributed by atoms with Gasteiger partial charge in [0.05, 0.1) is 11.9 Å². The fraction of sp³-hybridized carbons (Fsp3) is 0.182. The van der Waals surface area contributed by atoms with E-state index in [9.17, 15) is 4.79 Å². The van der Waals surface area contributed by atoms with Gasteiger partial charge >= 0.3 is 0 Å². The highest BCUT2D eigenvalue weighted by Gasteiger charge is 2.57. The molecule has 1 atom stereocenters. The van der Waals surface area contributed by atoms with Gasteiger partial charge in [0.1, 0.15) is 17.0 Å². The quantitative estimate of drug-likeness (QED) is 0.223. The summed E-state index contributed by atoms with van der Waals surface area (Å²) in [5.74, 6) is 1.08. The van der Waals surface area contributed by atoms with E-state index >= 15 is 0 Å². The first kappa shape index (κ1) is 25.4. The van der Waals surface area contributed by atoms with E-state index in [1.165, 1.54) is 0 Å². The molecule has 0 saturated heterocycles. The summed E-state index contributed by atoms with van der Waals surface area (Å²) in [6.07, 6.45) is 3.18. The minimum atomic E-state index is -1.05. The minimum absolute atomic E-state index is 0.193. The Balaban J connectivity index is 1.60. The number of carbonyl (C=O) groups is 1. The van der Waals surface area contributed by atoms with Gasteiger partial charge in [0.25, 0.3) is 5.91 Å². The van der Waals surface area contributed by atoms with Gasteiger partial charge in [0, 0.05) is 65.1 Å². The lowest BCUT2D eigenvalue weighted by molar-refractivity contribution is 0.0675. The second kappa shape index (κ2) is 10.0. The molecule has 2 aliphatic heterocycles. The Bertz CT molecular complexity index is 1660. The first-order valence-corrected chi connectivity index (χ1v) is 13.5. The Labute approximate surface area is 234 Å². The number of aryl methyl sites for hydroxylation is 1. The second-order valence-corrected chi connectivity index (χ2v) is 9.92. The number of rotatable bonds is 6. The van der Waals surface area contributed by atoms with Gasteiger partial charge in [-0.3, -0.25) is 9.79 Å². The van der Waals surface area contributed by atoms with Crippen molar-refractivity contribution in [1.29, 1.82) is 0 Å². The summed E-state index contributed by atoms with van der Waals surface area (Å²) in [4.78, 5) is 20.8. The molecule has 4 aromatic rings. The first-order valence-electron chi connectivity index (χ1n) is 13.5. The van der Waals surface area contributed by atoms with Gasteiger partial charge in [-0.05, 0) is 56.7 Å². The molecule has 40 heavy (non-hydrogen) atoms. The molecule has 2 N–H and O–H groups in total. The van der Waals surface area contributed by atoms with E-state index in [0.717, 1.165) is 46.7 Å². The Morgan fingerprint density at radius 1 is 0.875 bits per heavy atom. The van der Waals surface area contributed by atoms with Crippen molar-refractivity contribution in [2.45, 2.75) is 26.3 Å². The zero-order valence-electron chi connectivity index (χ0n) is 22.8. The number of fused-ring (bicyclic) bond motifs is 6. The summed E-state index contributed by atoms with van der Waals surface area (Å²) in [7, 11) is 0. The highest BCUT2D eigenvalue weighted by atomic mass is 16.5. The molecule has 4 aromatic carbocycles. The molecule has 0 saturated carbocycles. The average Bonchev–Trinajstić information content (AvgIpc) is 3.21. The third-order valence-electron chi connectivity index (χ3n) is 7.69. The summed E-state index contributed by atoms with van der Waals surface area (Å²) in [6, 6.07) is 27.1. The predicted octanol–water partition coefficient (Wildman–Crippen LogP) is 6.67. The number of nitrogens with two attached hydrogens (primary N) is 1. The monoisotopic (exact) mass is 529 g/mol. The highest BCUT2D eigenvalue weighted by Crippen LogP contribution is 2.58. The molecule has 7 nitrogen and oxygen atoms in total. The second-order valence-electron chi connectivity index (χ2n) is 9.92. The number of amides is 1. The average molecular weight is 530 g/mol. The van der Waals surface area contributed by atoms with Gasteiger partial charge in [0.15, 0.2) is 0 Å². The molecule has 6 rings (SSSR count). The fourth-order valence-corrected chi connectivity index (χ4v) is 5.89. The lowest BCUT2D eigenvalue weighted by atomic mass is 9.74. The molecule has 2 heterocycles. The van der Waals surface area contributed by atoms with Crippen molar-refractivity contribution in [2.24, 2.45) is 10.1 Å². The number of carbonyl (C=O) groups excluding carboxylic acids is 1. The van der Waals surface area contributed by atoms with Gasteiger partial charge in [0.2, 0.25) is 0 Å². The van der Waals surface area contributed by atoms with E-state index in [1.807, 2.05) is 72.8 Å². The minimum Gasteiger partial charge on any atom is -0.456 e. The van der Waals surface area contributed by atoms with E-state index < -0.39 is 5.54 Å². The van der Waals surface area contributed by atoms with Crippen molar-refractivity contribution in [3.63, 3.8) is 0 Å². The number of nitrogen functional groups attached to an aromatic ring is 1. The van der Waals surface area contributed by atoms with E-state index in [2.05, 4.69) is 42.8 Å². The van der Waals surface area contributed by atoms with Crippen molar-refractivity contribution < 1.29 is 9.53 Å². The fourth-order valence-electron chi connectivity index (χ4n) is 5.89. The van der Waals surface area contributed by atoms with Gasteiger partial charge in [-0.2, -0.15) is 5.10 Å². The Kier molecular flexibility index (Phi) is 6.34. The van der Waals surface area contributed by atoms with E-state index in [-0.39, 0.29) is 5.91 Å². The van der Waals surface area contributed by atoms with E-state index in [4.69, 9.17) is 15.6 Å². The van der Waals surface area contributed by atoms with Gasteiger partial charge in [-0.15, -0.1) is 0 Å². The SMILES string of the molecule is CCN(CC)c1cc2c(cc1C)C1(c3ccc(N)cc3O2)c2ccccc2C(=O)N1N=CC=Nc1ccccc1. The largest absolute Gasteiger partial charge is 0.456 e. The van der Waals surface area contributed by atoms with Crippen LogP contribution in [0, 0.1) is 6.92 Å². The van der Waals surface area contributed by atoms with Gasteiger partial charge < -0.3 is 15.4 Å². The maximum atomic E-state index is 14.1. The number of hydrogen-bond donors (Lipinski definition) is 1. The number of hydrogen-bond acceptors (Lipinski definition) is 6. The van der Waals surface area contributed by atoms with Crippen LogP contribution in [0.4, 0.5) is 17.1 Å². The van der Waals surface area contributed by atoms with Crippen LogP contribution >= 0.6 is 0 Å². The Morgan fingerprint density at radius 3 is 2.38 bits per heavy atom. The molecule has 0 aromatic heterocycles. The van der Waals surface area contributed by atoms with Crippen LogP contribution in [0.2, 0.25) is 0 Å². The van der Waals surface area contributed by atoms with Crippen LogP contribution < -0.4 is 15.4 Å². The smallest absolute Gasteiger partial charge is 0.275 e. The predicted molar refractivity (Wildman–Crippen MR) is 161 cm³/mol. The molecule has 1 unspecified atom stereocenters. The van der Waals surface area contributed by atoms with Crippen LogP contribution in [0.25, 0.3) is 0 Å². The number of anilines is 2. The maximum absolute atomic E-state index is 14.1. The van der Waals surface area contributed by atoms with Crippen molar-refractivity contribution in [3.05, 3.63) is 113 Å². The summed E-state index contributed by atoms with van der Waals surface area (Å²) in [5, 5.41) is 6.33. The molecule has 0 fully saturated rings. The van der Waals surface area contributed by atoms with Crippen molar-refractivity contribution in [2.75, 3.05) is 23.7 Å². The van der Waals surface area contributed by atoms with Gasteiger partial charge in [-0.1, -0.05) is 42.5 Å². The lowest BCUT2D eigenvalue weighted by Crippen LogP contribution is -2.44. The molecule has 7 heteroatoms.